The molecule has 0 saturated heterocycles. The van der Waals surface area contributed by atoms with E-state index in [4.69, 9.17) is 11.6 Å². The lowest BCUT2D eigenvalue weighted by atomic mass is 10.1. The van der Waals surface area contributed by atoms with Gasteiger partial charge in [0.05, 0.1) is 17.7 Å². The van der Waals surface area contributed by atoms with Gasteiger partial charge in [-0.25, -0.2) is 8.78 Å². The number of nitrogens with zero attached hydrogens (tertiary/aromatic N) is 1. The first-order valence-electron chi connectivity index (χ1n) is 5.80. The zero-order valence-electron chi connectivity index (χ0n) is 11.2. The highest BCUT2D eigenvalue weighted by Crippen LogP contribution is 2.21. The van der Waals surface area contributed by atoms with Gasteiger partial charge in [0.1, 0.15) is 18.2 Å². The zero-order chi connectivity index (χ0) is 15.4. The van der Waals surface area contributed by atoms with Crippen molar-refractivity contribution in [2.24, 2.45) is 0 Å². The second-order valence-electron chi connectivity index (χ2n) is 4.35. The Hall–Kier alpha value is -1.69. The number of carbonyl (C=O) groups excluding carboxylic acids is 2. The molecule has 0 aliphatic rings. The highest BCUT2D eigenvalue weighted by atomic mass is 35.5. The van der Waals surface area contributed by atoms with Crippen molar-refractivity contribution in [1.29, 1.82) is 0 Å². The maximum atomic E-state index is 13.7. The molecule has 110 valence electrons. The van der Waals surface area contributed by atoms with Crippen molar-refractivity contribution < 1.29 is 23.1 Å². The number of hydrogen-bond donors (Lipinski definition) is 0. The van der Waals surface area contributed by atoms with E-state index < -0.39 is 34.1 Å². The van der Waals surface area contributed by atoms with Gasteiger partial charge in [0.2, 0.25) is 0 Å². The third kappa shape index (κ3) is 3.66. The highest BCUT2D eigenvalue weighted by Gasteiger charge is 2.25. The molecular formula is C13H14ClF2NO3. The summed E-state index contributed by atoms with van der Waals surface area (Å²) in [6.07, 6.45) is 0. The summed E-state index contributed by atoms with van der Waals surface area (Å²) < 4.78 is 31.5. The molecule has 1 aromatic carbocycles. The van der Waals surface area contributed by atoms with Crippen molar-refractivity contribution in [1.82, 2.24) is 4.90 Å². The molecular weight excluding hydrogens is 292 g/mol. The van der Waals surface area contributed by atoms with Crippen molar-refractivity contribution in [2.75, 3.05) is 13.7 Å². The minimum Gasteiger partial charge on any atom is -0.468 e. The van der Waals surface area contributed by atoms with Gasteiger partial charge in [-0.1, -0.05) is 11.6 Å². The van der Waals surface area contributed by atoms with Crippen LogP contribution in [-0.2, 0) is 9.53 Å². The van der Waals surface area contributed by atoms with E-state index >= 15 is 0 Å². The van der Waals surface area contributed by atoms with E-state index in [-0.39, 0.29) is 12.6 Å². The molecule has 0 heterocycles. The summed E-state index contributed by atoms with van der Waals surface area (Å²) in [5, 5.41) is -0.414. The van der Waals surface area contributed by atoms with Crippen molar-refractivity contribution in [3.05, 3.63) is 34.4 Å². The van der Waals surface area contributed by atoms with Crippen LogP contribution < -0.4 is 0 Å². The molecule has 20 heavy (non-hydrogen) atoms. The van der Waals surface area contributed by atoms with E-state index in [0.717, 1.165) is 11.0 Å². The largest absolute Gasteiger partial charge is 0.468 e. The van der Waals surface area contributed by atoms with Gasteiger partial charge in [0.15, 0.2) is 0 Å². The Balaban J connectivity index is 3.13. The van der Waals surface area contributed by atoms with Crippen LogP contribution in [0.15, 0.2) is 12.1 Å². The molecule has 1 aromatic rings. The van der Waals surface area contributed by atoms with Crippen LogP contribution in [0.5, 0.6) is 0 Å². The fourth-order valence-corrected chi connectivity index (χ4v) is 1.68. The smallest absolute Gasteiger partial charge is 0.325 e. The van der Waals surface area contributed by atoms with Gasteiger partial charge in [-0.3, -0.25) is 9.59 Å². The number of ether oxygens (including phenoxy) is 1. The Morgan fingerprint density at radius 1 is 1.30 bits per heavy atom. The van der Waals surface area contributed by atoms with Crippen LogP contribution in [0.2, 0.25) is 5.02 Å². The van der Waals surface area contributed by atoms with Gasteiger partial charge in [0.25, 0.3) is 5.91 Å². The van der Waals surface area contributed by atoms with E-state index in [0.29, 0.717) is 6.07 Å². The van der Waals surface area contributed by atoms with E-state index in [1.807, 2.05) is 0 Å². The van der Waals surface area contributed by atoms with Gasteiger partial charge < -0.3 is 9.64 Å². The molecule has 0 saturated carbocycles. The molecule has 0 unspecified atom stereocenters. The summed E-state index contributed by atoms with van der Waals surface area (Å²) in [6.45, 7) is 2.94. The average molecular weight is 306 g/mol. The van der Waals surface area contributed by atoms with Crippen LogP contribution in [0.25, 0.3) is 0 Å². The Morgan fingerprint density at radius 3 is 2.40 bits per heavy atom. The fourth-order valence-electron chi connectivity index (χ4n) is 1.53. The number of amides is 1. The van der Waals surface area contributed by atoms with Crippen molar-refractivity contribution >= 4 is 23.5 Å². The standard InChI is InChI=1S/C13H14ClF2NO3/c1-7(2)17(6-12(18)20-3)13(19)8-4-11(16)9(14)5-10(8)15/h4-5,7H,6H2,1-3H3. The van der Waals surface area contributed by atoms with E-state index in [9.17, 15) is 18.4 Å². The second kappa shape index (κ2) is 6.65. The topological polar surface area (TPSA) is 46.6 Å². The Kier molecular flexibility index (Phi) is 5.44. The van der Waals surface area contributed by atoms with Gasteiger partial charge in [-0.05, 0) is 26.0 Å². The summed E-state index contributed by atoms with van der Waals surface area (Å²) in [6, 6.07) is 1.05. The normalized spacial score (nSPS) is 10.6. The third-order valence-electron chi connectivity index (χ3n) is 2.65. The molecule has 1 rings (SSSR count). The predicted molar refractivity (Wildman–Crippen MR) is 69.6 cm³/mol. The molecule has 0 aromatic heterocycles. The van der Waals surface area contributed by atoms with Gasteiger partial charge in [-0.2, -0.15) is 0 Å². The lowest BCUT2D eigenvalue weighted by Gasteiger charge is -2.25. The summed E-state index contributed by atoms with van der Waals surface area (Å²) in [5.41, 5.74) is -0.482. The molecule has 0 radical (unpaired) electrons. The SMILES string of the molecule is COC(=O)CN(C(=O)c1cc(F)c(Cl)cc1F)C(C)C. The van der Waals surface area contributed by atoms with Crippen molar-refractivity contribution in [3.8, 4) is 0 Å². The number of halogens is 3. The lowest BCUT2D eigenvalue weighted by molar-refractivity contribution is -0.141. The minimum absolute atomic E-state index is 0.351. The molecule has 0 aliphatic heterocycles. The Bertz CT molecular complexity index is 535. The maximum absolute atomic E-state index is 13.7. The molecule has 7 heteroatoms. The first kappa shape index (κ1) is 16.4. The molecule has 1 amide bonds. The van der Waals surface area contributed by atoms with Crippen LogP contribution in [0.4, 0.5) is 8.78 Å². The molecule has 0 N–H and O–H groups in total. The lowest BCUT2D eigenvalue weighted by Crippen LogP contribution is -2.41. The maximum Gasteiger partial charge on any atom is 0.325 e. The number of methoxy groups -OCH3 is 1. The van der Waals surface area contributed by atoms with Gasteiger partial charge >= 0.3 is 5.97 Å². The zero-order valence-corrected chi connectivity index (χ0v) is 12.0. The molecule has 0 atom stereocenters. The van der Waals surface area contributed by atoms with E-state index in [1.165, 1.54) is 7.11 Å². The number of esters is 1. The number of benzene rings is 1. The Morgan fingerprint density at radius 2 is 1.90 bits per heavy atom. The van der Waals surface area contributed by atoms with Gasteiger partial charge in [0, 0.05) is 6.04 Å². The number of carbonyl (C=O) groups is 2. The fraction of sp³-hybridized carbons (Fsp3) is 0.385. The van der Waals surface area contributed by atoms with Crippen LogP contribution in [0.1, 0.15) is 24.2 Å². The molecule has 0 fully saturated rings. The van der Waals surface area contributed by atoms with Crippen molar-refractivity contribution in [2.45, 2.75) is 19.9 Å². The summed E-state index contributed by atoms with van der Waals surface area (Å²) in [5.74, 6) is -3.31. The monoisotopic (exact) mass is 305 g/mol. The minimum atomic E-state index is -0.947. The molecule has 4 nitrogen and oxygen atoms in total. The summed E-state index contributed by atoms with van der Waals surface area (Å²) >= 11 is 5.43. The van der Waals surface area contributed by atoms with Crippen LogP contribution in [0.3, 0.4) is 0 Å². The highest BCUT2D eigenvalue weighted by molar-refractivity contribution is 6.30. The average Bonchev–Trinajstić information content (AvgIpc) is 2.38. The van der Waals surface area contributed by atoms with Crippen molar-refractivity contribution in [3.63, 3.8) is 0 Å². The first-order chi connectivity index (χ1) is 9.27. The van der Waals surface area contributed by atoms with E-state index in [2.05, 4.69) is 4.74 Å². The number of hydrogen-bond acceptors (Lipinski definition) is 3. The summed E-state index contributed by atoms with van der Waals surface area (Å²) in [4.78, 5) is 24.5. The molecule has 0 bridgehead atoms. The summed E-state index contributed by atoms with van der Waals surface area (Å²) in [7, 11) is 1.17. The van der Waals surface area contributed by atoms with Crippen LogP contribution in [0, 0.1) is 11.6 Å². The number of rotatable bonds is 4. The quantitative estimate of drug-likeness (QED) is 0.634. The molecule has 0 spiro atoms. The first-order valence-corrected chi connectivity index (χ1v) is 6.18. The van der Waals surface area contributed by atoms with E-state index in [1.54, 1.807) is 13.8 Å². The van der Waals surface area contributed by atoms with Crippen LogP contribution in [-0.4, -0.2) is 36.5 Å². The third-order valence-corrected chi connectivity index (χ3v) is 2.94. The molecule has 0 aliphatic carbocycles. The Labute approximate surface area is 120 Å². The van der Waals surface area contributed by atoms with Gasteiger partial charge in [-0.15, -0.1) is 0 Å². The second-order valence-corrected chi connectivity index (χ2v) is 4.76. The van der Waals surface area contributed by atoms with Crippen LogP contribution >= 0.6 is 11.6 Å². The predicted octanol–water partition coefficient (Wildman–Crippen LogP) is 2.64.